The fraction of sp³-hybridized carbons (Fsp3) is 0.625. The number of hydrogen-bond acceptors (Lipinski definition) is 2. The van der Waals surface area contributed by atoms with Crippen molar-refractivity contribution in [2.75, 3.05) is 17.5 Å². The van der Waals surface area contributed by atoms with Crippen molar-refractivity contribution in [3.05, 3.63) is 18.0 Å². The Morgan fingerprint density at radius 3 is 3.00 bits per heavy atom. The van der Waals surface area contributed by atoms with Crippen LogP contribution in [-0.2, 0) is 13.5 Å². The summed E-state index contributed by atoms with van der Waals surface area (Å²) < 4.78 is 3.09. The average molecular weight is 279 g/mol. The molecule has 0 aliphatic heterocycles. The number of aromatic nitrogens is 2. The van der Waals surface area contributed by atoms with Gasteiger partial charge in [-0.1, -0.05) is 22.6 Å². The van der Waals surface area contributed by atoms with Gasteiger partial charge in [0.25, 0.3) is 0 Å². The molecule has 1 N–H and O–H groups in total. The van der Waals surface area contributed by atoms with Crippen molar-refractivity contribution in [2.24, 2.45) is 7.05 Å². The van der Waals surface area contributed by atoms with Crippen LogP contribution in [0.5, 0.6) is 0 Å². The van der Waals surface area contributed by atoms with E-state index in [-0.39, 0.29) is 0 Å². The minimum Gasteiger partial charge on any atom is -0.316 e. The molecule has 0 radical (unpaired) electrons. The molecule has 1 aromatic rings. The number of nitrogens with one attached hydrogen (secondary N) is 1. The summed E-state index contributed by atoms with van der Waals surface area (Å²) in [5.41, 5.74) is 1.29. The summed E-state index contributed by atoms with van der Waals surface area (Å²) >= 11 is 2.37. The van der Waals surface area contributed by atoms with Crippen LogP contribution in [-0.4, -0.2) is 27.3 Å². The fourth-order valence-corrected chi connectivity index (χ4v) is 1.44. The molecule has 0 amide bonds. The molecule has 0 unspecified atom stereocenters. The Morgan fingerprint density at radius 2 is 2.42 bits per heavy atom. The first kappa shape index (κ1) is 9.98. The van der Waals surface area contributed by atoms with Crippen LogP contribution in [0.2, 0.25) is 0 Å². The Labute approximate surface area is 86.7 Å². The highest BCUT2D eigenvalue weighted by Crippen LogP contribution is 1.95. The number of rotatable bonds is 5. The quantitative estimate of drug-likeness (QED) is 0.495. The van der Waals surface area contributed by atoms with Crippen LogP contribution >= 0.6 is 22.6 Å². The monoisotopic (exact) mass is 279 g/mol. The normalized spacial score (nSPS) is 10.5. The van der Waals surface area contributed by atoms with Crippen molar-refractivity contribution < 1.29 is 0 Å². The van der Waals surface area contributed by atoms with Crippen molar-refractivity contribution >= 4 is 22.6 Å². The second kappa shape index (κ2) is 5.53. The van der Waals surface area contributed by atoms with Gasteiger partial charge in [-0.15, -0.1) is 0 Å². The van der Waals surface area contributed by atoms with E-state index in [0.29, 0.717) is 0 Å². The van der Waals surface area contributed by atoms with Gasteiger partial charge in [0.2, 0.25) is 0 Å². The molecule has 0 aromatic carbocycles. The number of halogens is 1. The maximum Gasteiger partial charge on any atom is 0.0492 e. The number of aryl methyl sites for hydroxylation is 1. The molecule has 1 aromatic heterocycles. The van der Waals surface area contributed by atoms with Crippen LogP contribution in [0, 0.1) is 0 Å². The molecule has 1 heterocycles. The third-order valence-corrected chi connectivity index (χ3v) is 2.29. The minimum atomic E-state index is 1.04. The van der Waals surface area contributed by atoms with Gasteiger partial charge in [-0.2, -0.15) is 5.10 Å². The molecular weight excluding hydrogens is 265 g/mol. The third kappa shape index (κ3) is 3.10. The second-order valence-corrected chi connectivity index (χ2v) is 3.71. The Kier molecular flexibility index (Phi) is 4.60. The van der Waals surface area contributed by atoms with Gasteiger partial charge in [0, 0.05) is 42.9 Å². The van der Waals surface area contributed by atoms with E-state index in [2.05, 4.69) is 39.1 Å². The van der Waals surface area contributed by atoms with Crippen molar-refractivity contribution in [1.82, 2.24) is 15.1 Å². The van der Waals surface area contributed by atoms with E-state index in [1.807, 2.05) is 17.9 Å². The molecule has 0 saturated carbocycles. The predicted molar refractivity (Wildman–Crippen MR) is 58.7 cm³/mol. The van der Waals surface area contributed by atoms with E-state index in [0.717, 1.165) is 19.5 Å². The molecule has 3 nitrogen and oxygen atoms in total. The predicted octanol–water partition coefficient (Wildman–Crippen LogP) is 0.987. The van der Waals surface area contributed by atoms with E-state index >= 15 is 0 Å². The number of nitrogens with zero attached hydrogens (tertiary/aromatic N) is 2. The van der Waals surface area contributed by atoms with Crippen LogP contribution < -0.4 is 5.32 Å². The summed E-state index contributed by atoms with van der Waals surface area (Å²) in [6.07, 6.45) is 2.90. The topological polar surface area (TPSA) is 29.9 Å². The Bertz CT molecular complexity index is 222. The Hall–Kier alpha value is -0.100. The summed E-state index contributed by atoms with van der Waals surface area (Å²) in [5, 5.41) is 7.45. The molecule has 12 heavy (non-hydrogen) atoms. The van der Waals surface area contributed by atoms with E-state index in [1.54, 1.807) is 0 Å². The Morgan fingerprint density at radius 1 is 1.58 bits per heavy atom. The lowest BCUT2D eigenvalue weighted by atomic mass is 10.3. The largest absolute Gasteiger partial charge is 0.316 e. The SMILES string of the molecule is Cn1nccc1CCNCCI. The van der Waals surface area contributed by atoms with Gasteiger partial charge in [0.05, 0.1) is 0 Å². The molecule has 4 heteroatoms. The van der Waals surface area contributed by atoms with Gasteiger partial charge < -0.3 is 5.32 Å². The average Bonchev–Trinajstić information content (AvgIpc) is 2.46. The summed E-state index contributed by atoms with van der Waals surface area (Å²) in [5.74, 6) is 0. The first-order valence-corrected chi connectivity index (χ1v) is 5.60. The van der Waals surface area contributed by atoms with Crippen LogP contribution in [0.25, 0.3) is 0 Å². The van der Waals surface area contributed by atoms with E-state index in [9.17, 15) is 0 Å². The zero-order chi connectivity index (χ0) is 8.81. The molecule has 1 rings (SSSR count). The number of alkyl halides is 1. The summed E-state index contributed by atoms with van der Waals surface area (Å²) in [6, 6.07) is 2.06. The van der Waals surface area contributed by atoms with Gasteiger partial charge in [-0.25, -0.2) is 0 Å². The van der Waals surface area contributed by atoms with Crippen molar-refractivity contribution in [2.45, 2.75) is 6.42 Å². The van der Waals surface area contributed by atoms with Gasteiger partial charge in [0.15, 0.2) is 0 Å². The molecule has 0 aliphatic rings. The van der Waals surface area contributed by atoms with Gasteiger partial charge in [-0.05, 0) is 6.07 Å². The van der Waals surface area contributed by atoms with Crippen LogP contribution in [0.1, 0.15) is 5.69 Å². The first-order valence-electron chi connectivity index (χ1n) is 4.08. The molecule has 0 fully saturated rings. The zero-order valence-electron chi connectivity index (χ0n) is 7.26. The highest BCUT2D eigenvalue weighted by Gasteiger charge is 1.96. The number of hydrogen-bond donors (Lipinski definition) is 1. The lowest BCUT2D eigenvalue weighted by molar-refractivity contribution is 0.661. The summed E-state index contributed by atoms with van der Waals surface area (Å²) in [7, 11) is 1.98. The maximum absolute atomic E-state index is 4.10. The van der Waals surface area contributed by atoms with Crippen LogP contribution in [0.4, 0.5) is 0 Å². The lowest BCUT2D eigenvalue weighted by Crippen LogP contribution is -2.20. The smallest absolute Gasteiger partial charge is 0.0492 e. The lowest BCUT2D eigenvalue weighted by Gasteiger charge is -2.02. The zero-order valence-corrected chi connectivity index (χ0v) is 9.41. The molecule has 0 atom stereocenters. The molecule has 0 bridgehead atoms. The maximum atomic E-state index is 4.10. The standard InChI is InChI=1S/C8H14IN3/c1-12-8(3-6-11-12)2-5-10-7-4-9/h3,6,10H,2,4-5,7H2,1H3. The molecule has 0 aliphatic carbocycles. The van der Waals surface area contributed by atoms with Gasteiger partial charge in [-0.3, -0.25) is 4.68 Å². The Balaban J connectivity index is 2.20. The highest BCUT2D eigenvalue weighted by molar-refractivity contribution is 14.1. The summed E-state index contributed by atoms with van der Waals surface area (Å²) in [6.45, 7) is 2.14. The second-order valence-electron chi connectivity index (χ2n) is 2.64. The molecule has 0 spiro atoms. The van der Waals surface area contributed by atoms with Crippen LogP contribution in [0.15, 0.2) is 12.3 Å². The third-order valence-electron chi connectivity index (χ3n) is 1.75. The van der Waals surface area contributed by atoms with Crippen LogP contribution in [0.3, 0.4) is 0 Å². The van der Waals surface area contributed by atoms with E-state index < -0.39 is 0 Å². The molecule has 68 valence electrons. The van der Waals surface area contributed by atoms with Crippen molar-refractivity contribution in [3.8, 4) is 0 Å². The fourth-order valence-electron chi connectivity index (χ4n) is 1.05. The van der Waals surface area contributed by atoms with Crippen molar-refractivity contribution in [3.63, 3.8) is 0 Å². The van der Waals surface area contributed by atoms with E-state index in [4.69, 9.17) is 0 Å². The first-order chi connectivity index (χ1) is 5.84. The minimum absolute atomic E-state index is 1.04. The van der Waals surface area contributed by atoms with E-state index in [1.165, 1.54) is 10.1 Å². The van der Waals surface area contributed by atoms with Crippen molar-refractivity contribution in [1.29, 1.82) is 0 Å². The highest BCUT2D eigenvalue weighted by atomic mass is 127. The van der Waals surface area contributed by atoms with Gasteiger partial charge >= 0.3 is 0 Å². The molecular formula is C8H14IN3. The summed E-state index contributed by atoms with van der Waals surface area (Å²) in [4.78, 5) is 0. The molecule has 0 saturated heterocycles. The van der Waals surface area contributed by atoms with Gasteiger partial charge in [0.1, 0.15) is 0 Å².